The molecule has 16 heavy (non-hydrogen) atoms. The largest absolute Gasteiger partial charge is 0.389 e. The summed E-state index contributed by atoms with van der Waals surface area (Å²) in [6.45, 7) is 4.16. The summed E-state index contributed by atoms with van der Waals surface area (Å²) in [5.41, 5.74) is 0.478. The SMILES string of the molecule is CC1(O)CCN(Cc2ccc(F)cc2Br)C1. The first kappa shape index (κ1) is 12.0. The predicted octanol–water partition coefficient (Wildman–Crippen LogP) is 2.54. The van der Waals surface area contributed by atoms with E-state index < -0.39 is 5.60 Å². The molecule has 4 heteroatoms. The van der Waals surface area contributed by atoms with E-state index in [9.17, 15) is 9.50 Å². The summed E-state index contributed by atoms with van der Waals surface area (Å²) in [4.78, 5) is 2.18. The van der Waals surface area contributed by atoms with Gasteiger partial charge in [0.25, 0.3) is 0 Å². The fourth-order valence-electron chi connectivity index (χ4n) is 2.06. The molecule has 1 aliphatic heterocycles. The van der Waals surface area contributed by atoms with Crippen molar-refractivity contribution < 1.29 is 9.50 Å². The number of hydrogen-bond acceptors (Lipinski definition) is 2. The zero-order chi connectivity index (χ0) is 11.8. The number of hydrogen-bond donors (Lipinski definition) is 1. The topological polar surface area (TPSA) is 23.5 Å². The molecule has 1 saturated heterocycles. The lowest BCUT2D eigenvalue weighted by atomic mass is 10.1. The maximum absolute atomic E-state index is 12.9. The van der Waals surface area contributed by atoms with Crippen molar-refractivity contribution in [3.63, 3.8) is 0 Å². The quantitative estimate of drug-likeness (QED) is 0.904. The zero-order valence-electron chi connectivity index (χ0n) is 9.21. The number of β-amino-alcohol motifs (C(OH)–C–C–N with tert-alkyl or cyclic N) is 1. The van der Waals surface area contributed by atoms with E-state index in [1.54, 1.807) is 6.07 Å². The first-order valence-corrected chi connectivity index (χ1v) is 6.14. The molecule has 0 spiro atoms. The molecule has 88 valence electrons. The van der Waals surface area contributed by atoms with Gasteiger partial charge in [-0.1, -0.05) is 22.0 Å². The molecule has 1 aromatic rings. The van der Waals surface area contributed by atoms with Crippen molar-refractivity contribution in [2.24, 2.45) is 0 Å². The Labute approximate surface area is 103 Å². The minimum Gasteiger partial charge on any atom is -0.389 e. The van der Waals surface area contributed by atoms with Crippen LogP contribution in [0.25, 0.3) is 0 Å². The van der Waals surface area contributed by atoms with Gasteiger partial charge in [0.05, 0.1) is 5.60 Å². The fourth-order valence-corrected chi connectivity index (χ4v) is 2.54. The highest BCUT2D eigenvalue weighted by molar-refractivity contribution is 9.10. The molecule has 1 aromatic carbocycles. The van der Waals surface area contributed by atoms with Crippen molar-refractivity contribution in [1.29, 1.82) is 0 Å². The van der Waals surface area contributed by atoms with E-state index in [1.165, 1.54) is 12.1 Å². The van der Waals surface area contributed by atoms with Crippen molar-refractivity contribution in [2.45, 2.75) is 25.5 Å². The van der Waals surface area contributed by atoms with Gasteiger partial charge < -0.3 is 5.11 Å². The van der Waals surface area contributed by atoms with Crippen molar-refractivity contribution in [3.8, 4) is 0 Å². The van der Waals surface area contributed by atoms with Crippen molar-refractivity contribution in [1.82, 2.24) is 4.90 Å². The van der Waals surface area contributed by atoms with Crippen LogP contribution in [0.5, 0.6) is 0 Å². The maximum atomic E-state index is 12.9. The maximum Gasteiger partial charge on any atom is 0.124 e. The monoisotopic (exact) mass is 287 g/mol. The van der Waals surface area contributed by atoms with Crippen LogP contribution in [0.4, 0.5) is 4.39 Å². The summed E-state index contributed by atoms with van der Waals surface area (Å²) in [6, 6.07) is 4.73. The lowest BCUT2D eigenvalue weighted by Gasteiger charge is -2.19. The van der Waals surface area contributed by atoms with Gasteiger partial charge in [-0.2, -0.15) is 0 Å². The van der Waals surface area contributed by atoms with Gasteiger partial charge in [0.15, 0.2) is 0 Å². The van der Waals surface area contributed by atoms with Gasteiger partial charge in [-0.15, -0.1) is 0 Å². The van der Waals surface area contributed by atoms with E-state index >= 15 is 0 Å². The first-order chi connectivity index (χ1) is 7.46. The molecule has 0 aliphatic carbocycles. The number of aliphatic hydroxyl groups is 1. The normalized spacial score (nSPS) is 26.2. The molecule has 0 bridgehead atoms. The molecule has 0 saturated carbocycles. The molecule has 1 N–H and O–H groups in total. The number of nitrogens with zero attached hydrogens (tertiary/aromatic N) is 1. The molecule has 1 atom stereocenters. The Morgan fingerprint density at radius 3 is 2.88 bits per heavy atom. The van der Waals surface area contributed by atoms with E-state index in [-0.39, 0.29) is 5.82 Å². The van der Waals surface area contributed by atoms with Gasteiger partial charge in [0.2, 0.25) is 0 Å². The number of likely N-dealkylation sites (tertiary alicyclic amines) is 1. The van der Waals surface area contributed by atoms with Crippen molar-refractivity contribution in [3.05, 3.63) is 34.1 Å². The standard InChI is InChI=1S/C12H15BrFNO/c1-12(16)4-5-15(8-12)7-9-2-3-10(14)6-11(9)13/h2-3,6,16H,4-5,7-8H2,1H3. The Hall–Kier alpha value is -0.450. The van der Waals surface area contributed by atoms with Crippen LogP contribution in [-0.2, 0) is 6.54 Å². The number of halogens is 2. The summed E-state index contributed by atoms with van der Waals surface area (Å²) >= 11 is 3.35. The number of rotatable bonds is 2. The third kappa shape index (κ3) is 2.81. The van der Waals surface area contributed by atoms with E-state index in [4.69, 9.17) is 0 Å². The van der Waals surface area contributed by atoms with Crippen LogP contribution >= 0.6 is 15.9 Å². The second-order valence-electron chi connectivity index (χ2n) is 4.69. The lowest BCUT2D eigenvalue weighted by Crippen LogP contribution is -2.29. The Balaban J connectivity index is 2.05. The molecule has 1 fully saturated rings. The summed E-state index contributed by atoms with van der Waals surface area (Å²) in [6.07, 6.45) is 0.797. The van der Waals surface area contributed by atoms with Gasteiger partial charge in [0, 0.05) is 24.1 Å². The number of benzene rings is 1. The average Bonchev–Trinajstić information content (AvgIpc) is 2.51. The Bertz CT molecular complexity index is 395. The zero-order valence-corrected chi connectivity index (χ0v) is 10.8. The molecular weight excluding hydrogens is 273 g/mol. The van der Waals surface area contributed by atoms with Crippen LogP contribution in [0.15, 0.2) is 22.7 Å². The van der Waals surface area contributed by atoms with Gasteiger partial charge >= 0.3 is 0 Å². The third-order valence-electron chi connectivity index (χ3n) is 2.94. The van der Waals surface area contributed by atoms with Crippen molar-refractivity contribution in [2.75, 3.05) is 13.1 Å². The van der Waals surface area contributed by atoms with Gasteiger partial charge in [-0.3, -0.25) is 4.90 Å². The van der Waals surface area contributed by atoms with Crippen LogP contribution in [0.2, 0.25) is 0 Å². The summed E-state index contributed by atoms with van der Waals surface area (Å²) in [7, 11) is 0. The molecule has 0 aromatic heterocycles. The molecule has 0 radical (unpaired) electrons. The summed E-state index contributed by atoms with van der Waals surface area (Å²) in [5.74, 6) is -0.232. The molecule has 2 nitrogen and oxygen atoms in total. The molecule has 1 heterocycles. The van der Waals surface area contributed by atoms with Crippen LogP contribution < -0.4 is 0 Å². The first-order valence-electron chi connectivity index (χ1n) is 5.35. The molecule has 2 rings (SSSR count). The van der Waals surface area contributed by atoms with E-state index in [0.717, 1.165) is 29.5 Å². The lowest BCUT2D eigenvalue weighted by molar-refractivity contribution is 0.0679. The smallest absolute Gasteiger partial charge is 0.124 e. The van der Waals surface area contributed by atoms with Crippen LogP contribution in [0.3, 0.4) is 0 Å². The minimum absolute atomic E-state index is 0.232. The van der Waals surface area contributed by atoms with Gasteiger partial charge in [-0.25, -0.2) is 4.39 Å². The van der Waals surface area contributed by atoms with Crippen LogP contribution in [0.1, 0.15) is 18.9 Å². The van der Waals surface area contributed by atoms with Crippen molar-refractivity contribution >= 4 is 15.9 Å². The minimum atomic E-state index is -0.577. The molecule has 1 unspecified atom stereocenters. The highest BCUT2D eigenvalue weighted by Gasteiger charge is 2.31. The highest BCUT2D eigenvalue weighted by Crippen LogP contribution is 2.25. The molecular formula is C12H15BrFNO. The van der Waals surface area contributed by atoms with E-state index in [1.807, 2.05) is 6.92 Å². The Kier molecular flexibility index (Phi) is 3.33. The van der Waals surface area contributed by atoms with Gasteiger partial charge in [-0.05, 0) is 31.0 Å². The second-order valence-corrected chi connectivity index (χ2v) is 5.55. The predicted molar refractivity (Wildman–Crippen MR) is 64.6 cm³/mol. The Morgan fingerprint density at radius 1 is 1.56 bits per heavy atom. The third-order valence-corrected chi connectivity index (χ3v) is 3.68. The molecule has 1 aliphatic rings. The highest BCUT2D eigenvalue weighted by atomic mass is 79.9. The van der Waals surface area contributed by atoms with Crippen LogP contribution in [0, 0.1) is 5.82 Å². The molecule has 0 amide bonds. The van der Waals surface area contributed by atoms with E-state index in [2.05, 4.69) is 20.8 Å². The van der Waals surface area contributed by atoms with Crippen LogP contribution in [-0.4, -0.2) is 28.7 Å². The fraction of sp³-hybridized carbons (Fsp3) is 0.500. The van der Waals surface area contributed by atoms with E-state index in [0.29, 0.717) is 6.54 Å². The average molecular weight is 288 g/mol. The van der Waals surface area contributed by atoms with Gasteiger partial charge in [0.1, 0.15) is 5.82 Å². The second kappa shape index (κ2) is 4.43. The summed E-state index contributed by atoms with van der Waals surface area (Å²) < 4.78 is 13.7. The summed E-state index contributed by atoms with van der Waals surface area (Å²) in [5, 5.41) is 9.84. The Morgan fingerprint density at radius 2 is 2.31 bits per heavy atom.